The third-order valence-corrected chi connectivity index (χ3v) is 4.56. The van der Waals surface area contributed by atoms with Gasteiger partial charge in [-0.2, -0.15) is 39.5 Å². The minimum absolute atomic E-state index is 0.0420. The lowest BCUT2D eigenvalue weighted by Crippen LogP contribution is -2.63. The molecule has 1 N–H and O–H groups in total. The van der Waals surface area contributed by atoms with Crippen LogP contribution in [-0.2, 0) is 9.53 Å². The number of amides is 2. The van der Waals surface area contributed by atoms with Crippen LogP contribution in [0.4, 0.5) is 45.2 Å². The summed E-state index contributed by atoms with van der Waals surface area (Å²) in [4.78, 5) is 25.2. The molecule has 1 aromatic carbocycles. The van der Waals surface area contributed by atoms with Crippen molar-refractivity contribution in [3.8, 4) is 0 Å². The molecule has 2 rings (SSSR count). The van der Waals surface area contributed by atoms with Crippen LogP contribution in [0.3, 0.4) is 0 Å². The minimum Gasteiger partial charge on any atom is -0.339 e. The van der Waals surface area contributed by atoms with Crippen LogP contribution in [0.1, 0.15) is 24.2 Å². The summed E-state index contributed by atoms with van der Waals surface area (Å²) in [6.07, 6.45) is -6.32. The van der Waals surface area contributed by atoms with Gasteiger partial charge in [-0.15, -0.1) is 0 Å². The average Bonchev–Trinajstić information content (AvgIpc) is 2.77. The van der Waals surface area contributed by atoms with E-state index in [1.165, 1.54) is 10.2 Å². The Hall–Kier alpha value is -2.51. The lowest BCUT2D eigenvalue weighted by Gasteiger charge is -2.31. The van der Waals surface area contributed by atoms with Crippen molar-refractivity contribution in [1.82, 2.24) is 4.90 Å². The van der Waals surface area contributed by atoms with E-state index in [4.69, 9.17) is 0 Å². The highest BCUT2D eigenvalue weighted by atomic mass is 19.4. The molecule has 1 atom stereocenters. The van der Waals surface area contributed by atoms with E-state index in [9.17, 15) is 49.1 Å². The maximum absolute atomic E-state index is 14.2. The van der Waals surface area contributed by atoms with E-state index in [1.807, 2.05) is 0 Å². The van der Waals surface area contributed by atoms with Crippen LogP contribution >= 0.6 is 0 Å². The number of hydrogen-bond donors (Lipinski definition) is 1. The first-order valence-electron chi connectivity index (χ1n) is 8.61. The molecule has 0 bridgehead atoms. The predicted octanol–water partition coefficient (Wildman–Crippen LogP) is 4.30. The number of halogens is 9. The Bertz CT molecular complexity index is 857. The Labute approximate surface area is 169 Å². The number of rotatable bonds is 6. The van der Waals surface area contributed by atoms with Gasteiger partial charge < -0.3 is 10.2 Å². The SMILES string of the molecule is CCN(CC)C(=O)c1ccc(NC(=O)C(F)(F)C2(F)OC(F)(F)C(F)(F)C2(F)F)cc1. The van der Waals surface area contributed by atoms with Gasteiger partial charge >= 0.3 is 35.6 Å². The molecule has 1 aliphatic rings. The van der Waals surface area contributed by atoms with Crippen molar-refractivity contribution >= 4 is 17.5 Å². The Balaban J connectivity index is 2.28. The fraction of sp³-hybridized carbons (Fsp3) is 0.529. The first kappa shape index (κ1) is 24.8. The van der Waals surface area contributed by atoms with Gasteiger partial charge in [0, 0.05) is 24.3 Å². The number of benzene rings is 1. The van der Waals surface area contributed by atoms with E-state index >= 15 is 0 Å². The Kier molecular flexibility index (Phi) is 6.04. The van der Waals surface area contributed by atoms with E-state index in [1.54, 1.807) is 13.8 Å². The zero-order valence-corrected chi connectivity index (χ0v) is 15.8. The summed E-state index contributed by atoms with van der Waals surface area (Å²) in [5, 5.41) is 1.24. The molecule has 174 valence electrons. The van der Waals surface area contributed by atoms with E-state index in [-0.39, 0.29) is 5.56 Å². The first-order valence-corrected chi connectivity index (χ1v) is 8.61. The van der Waals surface area contributed by atoms with Gasteiger partial charge in [-0.3, -0.25) is 14.3 Å². The summed E-state index contributed by atoms with van der Waals surface area (Å²) in [6.45, 7) is 4.03. The number of ether oxygens (including phenoxy) is 1. The molecule has 1 heterocycles. The van der Waals surface area contributed by atoms with Crippen molar-refractivity contribution in [1.29, 1.82) is 0 Å². The second-order valence-corrected chi connectivity index (χ2v) is 6.45. The van der Waals surface area contributed by atoms with Crippen LogP contribution in [0.2, 0.25) is 0 Å². The van der Waals surface area contributed by atoms with Crippen LogP contribution in [0, 0.1) is 0 Å². The number of hydrogen-bond acceptors (Lipinski definition) is 3. The van der Waals surface area contributed by atoms with Gasteiger partial charge in [0.1, 0.15) is 0 Å². The second-order valence-electron chi connectivity index (χ2n) is 6.45. The molecule has 31 heavy (non-hydrogen) atoms. The molecule has 5 nitrogen and oxygen atoms in total. The highest BCUT2D eigenvalue weighted by molar-refractivity contribution is 5.98. The maximum atomic E-state index is 14.2. The smallest absolute Gasteiger partial charge is 0.339 e. The van der Waals surface area contributed by atoms with Crippen LogP contribution in [0.25, 0.3) is 0 Å². The van der Waals surface area contributed by atoms with Crippen LogP contribution in [-0.4, -0.2) is 59.5 Å². The van der Waals surface area contributed by atoms with Crippen molar-refractivity contribution in [2.45, 2.75) is 43.6 Å². The van der Waals surface area contributed by atoms with Crippen LogP contribution in [0.15, 0.2) is 24.3 Å². The topological polar surface area (TPSA) is 58.6 Å². The number of nitrogens with one attached hydrogen (secondary N) is 1. The number of carbonyl (C=O) groups is 2. The van der Waals surface area contributed by atoms with E-state index in [0.717, 1.165) is 24.3 Å². The zero-order valence-electron chi connectivity index (χ0n) is 15.8. The molecular weight excluding hydrogens is 451 g/mol. The molecule has 0 aromatic heterocycles. The quantitative estimate of drug-likeness (QED) is 0.637. The normalized spacial score (nSPS) is 24.0. The molecule has 1 unspecified atom stereocenters. The van der Waals surface area contributed by atoms with Crippen molar-refractivity contribution < 1.29 is 53.8 Å². The number of anilines is 1. The maximum Gasteiger partial charge on any atom is 0.428 e. The summed E-state index contributed by atoms with van der Waals surface area (Å²) < 4.78 is 124. The second kappa shape index (κ2) is 7.57. The first-order chi connectivity index (χ1) is 14.0. The molecule has 0 radical (unpaired) electrons. The molecule has 1 aromatic rings. The summed E-state index contributed by atoms with van der Waals surface area (Å²) in [5.41, 5.74) is -0.551. The average molecular weight is 466 g/mol. The third-order valence-electron chi connectivity index (χ3n) is 4.56. The summed E-state index contributed by atoms with van der Waals surface area (Å²) in [7, 11) is 0. The zero-order chi connectivity index (χ0) is 24.0. The van der Waals surface area contributed by atoms with Gasteiger partial charge in [-0.25, -0.2) is 0 Å². The predicted molar refractivity (Wildman–Crippen MR) is 87.0 cm³/mol. The number of carbonyl (C=O) groups excluding carboxylic acids is 2. The van der Waals surface area contributed by atoms with Gasteiger partial charge in [-0.05, 0) is 38.1 Å². The Morgan fingerprint density at radius 1 is 0.935 bits per heavy atom. The molecule has 14 heteroatoms. The highest BCUT2D eigenvalue weighted by Crippen LogP contribution is 2.64. The van der Waals surface area contributed by atoms with Gasteiger partial charge in [0.2, 0.25) is 0 Å². The lowest BCUT2D eigenvalue weighted by atomic mass is 9.99. The molecule has 0 spiro atoms. The molecule has 2 amide bonds. The number of alkyl halides is 9. The molecule has 1 aliphatic heterocycles. The van der Waals surface area contributed by atoms with Crippen molar-refractivity contribution in [2.24, 2.45) is 0 Å². The fourth-order valence-corrected chi connectivity index (χ4v) is 2.70. The van der Waals surface area contributed by atoms with E-state index in [2.05, 4.69) is 4.74 Å². The molecule has 1 saturated heterocycles. The van der Waals surface area contributed by atoms with Crippen molar-refractivity contribution in [3.05, 3.63) is 29.8 Å². The Morgan fingerprint density at radius 2 is 1.42 bits per heavy atom. The third kappa shape index (κ3) is 3.49. The number of nitrogens with zero attached hydrogens (tertiary/aromatic N) is 1. The van der Waals surface area contributed by atoms with Gasteiger partial charge in [0.25, 0.3) is 5.91 Å². The summed E-state index contributed by atoms with van der Waals surface area (Å²) >= 11 is 0. The molecule has 1 fully saturated rings. The largest absolute Gasteiger partial charge is 0.428 e. The van der Waals surface area contributed by atoms with Crippen molar-refractivity contribution in [2.75, 3.05) is 18.4 Å². The van der Waals surface area contributed by atoms with E-state index in [0.29, 0.717) is 13.1 Å². The Morgan fingerprint density at radius 3 is 1.81 bits per heavy atom. The highest BCUT2D eigenvalue weighted by Gasteiger charge is 2.96. The monoisotopic (exact) mass is 466 g/mol. The molecule has 0 aliphatic carbocycles. The van der Waals surface area contributed by atoms with Gasteiger partial charge in [-0.1, -0.05) is 0 Å². The van der Waals surface area contributed by atoms with Gasteiger partial charge in [0.05, 0.1) is 0 Å². The fourth-order valence-electron chi connectivity index (χ4n) is 2.70. The minimum atomic E-state index is -6.76. The van der Waals surface area contributed by atoms with E-state index < -0.39 is 47.2 Å². The summed E-state index contributed by atoms with van der Waals surface area (Å²) in [5.74, 6) is -29.4. The lowest BCUT2D eigenvalue weighted by molar-refractivity contribution is -0.366. The summed E-state index contributed by atoms with van der Waals surface area (Å²) in [6, 6.07) is 3.80. The van der Waals surface area contributed by atoms with Crippen molar-refractivity contribution in [3.63, 3.8) is 0 Å². The standard InChI is InChI=1S/C17H15F9N2O3/c1-3-28(4-2)11(29)9-5-7-10(8-6-9)27-12(30)13(18,19)16(24)14(20,21)15(22,23)17(25,26)31-16/h5-8H,3-4H2,1-2H3,(H,27,30). The molecular formula is C17H15F9N2O3. The van der Waals surface area contributed by atoms with Crippen LogP contribution in [0.5, 0.6) is 0 Å². The van der Waals surface area contributed by atoms with Gasteiger partial charge in [0.15, 0.2) is 0 Å². The van der Waals surface area contributed by atoms with Crippen LogP contribution < -0.4 is 5.32 Å². The molecule has 0 saturated carbocycles.